The Bertz CT molecular complexity index is 968. The summed E-state index contributed by atoms with van der Waals surface area (Å²) in [7, 11) is -1.05. The molecule has 0 aliphatic carbocycles. The minimum atomic E-state index is -1.05. The summed E-state index contributed by atoms with van der Waals surface area (Å²) in [6.07, 6.45) is 7.19. The molecule has 5 nitrogen and oxygen atoms in total. The van der Waals surface area contributed by atoms with Crippen molar-refractivity contribution in [2.24, 2.45) is 0 Å². The summed E-state index contributed by atoms with van der Waals surface area (Å²) < 4.78 is 13.7. The van der Waals surface area contributed by atoms with Crippen LogP contribution in [0.4, 0.5) is 5.69 Å². The van der Waals surface area contributed by atoms with Crippen LogP contribution in [0.5, 0.6) is 0 Å². The van der Waals surface area contributed by atoms with E-state index in [1.165, 1.54) is 12.8 Å². The third kappa shape index (κ3) is 3.85. The molecule has 27 heavy (non-hydrogen) atoms. The number of hydrogen-bond acceptors (Lipinski definition) is 3. The topological polar surface area (TPSA) is 64.0 Å². The SMILES string of the molecule is CS(=O)c1ccc(C(=O)Nc2ccc(-c3cn4c(n3)CCCC4)cc2)cc1. The lowest BCUT2D eigenvalue weighted by molar-refractivity contribution is 0.102. The zero-order chi connectivity index (χ0) is 18.8. The number of amides is 1. The molecule has 0 bridgehead atoms. The maximum Gasteiger partial charge on any atom is 0.255 e. The molecule has 2 heterocycles. The second-order valence-electron chi connectivity index (χ2n) is 6.70. The molecular weight excluding hydrogens is 358 g/mol. The fourth-order valence-corrected chi connectivity index (χ4v) is 3.80. The quantitative estimate of drug-likeness (QED) is 0.748. The minimum absolute atomic E-state index is 0.186. The molecule has 4 rings (SSSR count). The van der Waals surface area contributed by atoms with E-state index < -0.39 is 10.8 Å². The molecule has 1 amide bonds. The molecule has 1 aromatic heterocycles. The minimum Gasteiger partial charge on any atom is -0.334 e. The Kier molecular flexibility index (Phi) is 4.90. The van der Waals surface area contributed by atoms with Crippen molar-refractivity contribution in [1.82, 2.24) is 9.55 Å². The number of aromatic nitrogens is 2. The van der Waals surface area contributed by atoms with Crippen LogP contribution in [-0.2, 0) is 23.8 Å². The lowest BCUT2D eigenvalue weighted by atomic mass is 10.1. The number of fused-ring (bicyclic) bond motifs is 1. The van der Waals surface area contributed by atoms with Gasteiger partial charge in [0.2, 0.25) is 0 Å². The average molecular weight is 379 g/mol. The molecule has 0 saturated heterocycles. The van der Waals surface area contributed by atoms with Gasteiger partial charge in [-0.2, -0.15) is 0 Å². The van der Waals surface area contributed by atoms with Gasteiger partial charge in [-0.1, -0.05) is 12.1 Å². The monoisotopic (exact) mass is 379 g/mol. The number of anilines is 1. The van der Waals surface area contributed by atoms with Gasteiger partial charge in [-0.15, -0.1) is 0 Å². The molecule has 2 aromatic carbocycles. The van der Waals surface area contributed by atoms with Crippen LogP contribution in [0.2, 0.25) is 0 Å². The molecule has 1 unspecified atom stereocenters. The smallest absolute Gasteiger partial charge is 0.255 e. The number of hydrogen-bond donors (Lipinski definition) is 1. The van der Waals surface area contributed by atoms with Gasteiger partial charge in [-0.3, -0.25) is 9.00 Å². The standard InChI is InChI=1S/C21H21N3O2S/c1-27(26)18-11-7-16(8-12-18)21(25)22-17-9-5-15(6-10-17)19-14-24-13-3-2-4-20(24)23-19/h5-12,14H,2-4,13H2,1H3,(H,22,25). The molecule has 1 aliphatic rings. The van der Waals surface area contributed by atoms with Crippen LogP contribution in [0, 0.1) is 0 Å². The molecule has 138 valence electrons. The van der Waals surface area contributed by atoms with Gasteiger partial charge in [0.1, 0.15) is 5.82 Å². The first kappa shape index (κ1) is 17.7. The first-order chi connectivity index (χ1) is 13.1. The van der Waals surface area contributed by atoms with Gasteiger partial charge in [0.25, 0.3) is 5.91 Å². The Labute approximate surface area is 160 Å². The van der Waals surface area contributed by atoms with Crippen LogP contribution in [0.15, 0.2) is 59.6 Å². The van der Waals surface area contributed by atoms with E-state index in [2.05, 4.69) is 16.1 Å². The summed E-state index contributed by atoms with van der Waals surface area (Å²) >= 11 is 0. The van der Waals surface area contributed by atoms with Crippen molar-refractivity contribution >= 4 is 22.4 Å². The summed E-state index contributed by atoms with van der Waals surface area (Å²) in [6, 6.07) is 14.6. The third-order valence-electron chi connectivity index (χ3n) is 4.80. The van der Waals surface area contributed by atoms with Crippen LogP contribution >= 0.6 is 0 Å². The molecule has 1 N–H and O–H groups in total. The zero-order valence-electron chi connectivity index (χ0n) is 15.1. The molecule has 0 saturated carbocycles. The maximum absolute atomic E-state index is 12.4. The number of aryl methyl sites for hydroxylation is 2. The summed E-state index contributed by atoms with van der Waals surface area (Å²) in [4.78, 5) is 17.8. The number of benzene rings is 2. The fourth-order valence-electron chi connectivity index (χ4n) is 3.28. The van der Waals surface area contributed by atoms with Crippen molar-refractivity contribution in [1.29, 1.82) is 0 Å². The second kappa shape index (κ2) is 7.48. The largest absolute Gasteiger partial charge is 0.334 e. The normalized spacial score (nSPS) is 14.4. The summed E-state index contributed by atoms with van der Waals surface area (Å²) in [5.74, 6) is 0.971. The highest BCUT2D eigenvalue weighted by molar-refractivity contribution is 7.84. The number of nitrogens with one attached hydrogen (secondary N) is 1. The van der Waals surface area contributed by atoms with Gasteiger partial charge in [0.05, 0.1) is 5.69 Å². The van der Waals surface area contributed by atoms with E-state index >= 15 is 0 Å². The third-order valence-corrected chi connectivity index (χ3v) is 5.73. The summed E-state index contributed by atoms with van der Waals surface area (Å²) in [5.41, 5.74) is 3.29. The van der Waals surface area contributed by atoms with E-state index in [0.29, 0.717) is 10.5 Å². The Morgan fingerprint density at radius 2 is 1.81 bits per heavy atom. The molecule has 6 heteroatoms. The van der Waals surface area contributed by atoms with Crippen molar-refractivity contribution < 1.29 is 9.00 Å². The predicted molar refractivity (Wildman–Crippen MR) is 107 cm³/mol. The fraction of sp³-hybridized carbons (Fsp3) is 0.238. The van der Waals surface area contributed by atoms with Crippen LogP contribution < -0.4 is 5.32 Å². The number of rotatable bonds is 4. The highest BCUT2D eigenvalue weighted by atomic mass is 32.2. The molecule has 1 aliphatic heterocycles. The molecule has 0 radical (unpaired) electrons. The molecule has 0 spiro atoms. The van der Waals surface area contributed by atoms with E-state index in [0.717, 1.165) is 35.7 Å². The van der Waals surface area contributed by atoms with E-state index in [1.807, 2.05) is 24.3 Å². The first-order valence-electron chi connectivity index (χ1n) is 9.01. The predicted octanol–water partition coefficient (Wildman–Crippen LogP) is 3.88. The zero-order valence-corrected chi connectivity index (χ0v) is 16.0. The Morgan fingerprint density at radius 3 is 2.48 bits per heavy atom. The van der Waals surface area contributed by atoms with Crippen LogP contribution in [0.1, 0.15) is 29.0 Å². The Balaban J connectivity index is 1.46. The Hall–Kier alpha value is -2.73. The van der Waals surface area contributed by atoms with Gasteiger partial charge < -0.3 is 9.88 Å². The van der Waals surface area contributed by atoms with Crippen molar-refractivity contribution in [2.45, 2.75) is 30.7 Å². The molecule has 0 fully saturated rings. The van der Waals surface area contributed by atoms with Gasteiger partial charge in [0, 0.05) is 57.9 Å². The van der Waals surface area contributed by atoms with Gasteiger partial charge in [-0.25, -0.2) is 4.98 Å². The first-order valence-corrected chi connectivity index (χ1v) is 10.6. The van der Waals surface area contributed by atoms with E-state index in [4.69, 9.17) is 4.98 Å². The van der Waals surface area contributed by atoms with Crippen LogP contribution in [-0.4, -0.2) is 25.9 Å². The summed E-state index contributed by atoms with van der Waals surface area (Å²) in [5, 5.41) is 2.89. The maximum atomic E-state index is 12.4. The van der Waals surface area contributed by atoms with E-state index in [1.54, 1.807) is 30.5 Å². The molecule has 1 atom stereocenters. The second-order valence-corrected chi connectivity index (χ2v) is 8.08. The number of carbonyl (C=O) groups excluding carboxylic acids is 1. The molecular formula is C21H21N3O2S. The number of nitrogens with zero attached hydrogens (tertiary/aromatic N) is 2. The lowest BCUT2D eigenvalue weighted by Gasteiger charge is -2.11. The lowest BCUT2D eigenvalue weighted by Crippen LogP contribution is -2.11. The van der Waals surface area contributed by atoms with Crippen molar-refractivity contribution in [2.75, 3.05) is 11.6 Å². The van der Waals surface area contributed by atoms with Crippen molar-refractivity contribution in [3.05, 3.63) is 66.1 Å². The van der Waals surface area contributed by atoms with Crippen LogP contribution in [0.3, 0.4) is 0 Å². The van der Waals surface area contributed by atoms with Crippen LogP contribution in [0.25, 0.3) is 11.3 Å². The van der Waals surface area contributed by atoms with E-state index in [-0.39, 0.29) is 5.91 Å². The highest BCUT2D eigenvalue weighted by Crippen LogP contribution is 2.24. The van der Waals surface area contributed by atoms with Gasteiger partial charge >= 0.3 is 0 Å². The molecule has 3 aromatic rings. The average Bonchev–Trinajstić information content (AvgIpc) is 3.13. The van der Waals surface area contributed by atoms with Crippen molar-refractivity contribution in [3.63, 3.8) is 0 Å². The summed E-state index contributed by atoms with van der Waals surface area (Å²) in [6.45, 7) is 1.04. The number of imidazole rings is 1. The Morgan fingerprint density at radius 1 is 1.07 bits per heavy atom. The van der Waals surface area contributed by atoms with Crippen molar-refractivity contribution in [3.8, 4) is 11.3 Å². The van der Waals surface area contributed by atoms with Gasteiger partial charge in [-0.05, 0) is 49.2 Å². The van der Waals surface area contributed by atoms with E-state index in [9.17, 15) is 9.00 Å². The number of carbonyl (C=O) groups is 1. The highest BCUT2D eigenvalue weighted by Gasteiger charge is 2.13. The van der Waals surface area contributed by atoms with Gasteiger partial charge in [0.15, 0.2) is 0 Å².